The van der Waals surface area contributed by atoms with E-state index in [-0.39, 0.29) is 40.5 Å². The molecule has 0 spiro atoms. The van der Waals surface area contributed by atoms with E-state index in [2.05, 4.69) is 0 Å². The number of aromatic carboxylic acids is 1. The molecule has 0 amide bonds. The number of carbonyl (C=O) groups is 1. The number of pyridine rings is 1. The zero-order valence-electron chi connectivity index (χ0n) is 8.74. The topological polar surface area (TPSA) is 62.1 Å². The molecule has 0 unspecified atom stereocenters. The molecule has 0 saturated heterocycles. The van der Waals surface area contributed by atoms with E-state index in [1.807, 2.05) is 0 Å². The molecular formula is C10H4F2NNaO3. The minimum Gasteiger partial charge on any atom is -0.544 e. The summed E-state index contributed by atoms with van der Waals surface area (Å²) < 4.78 is 26.5. The van der Waals surface area contributed by atoms with Crippen LogP contribution in [-0.4, -0.2) is 10.8 Å². The standard InChI is InChI=1S/C10H5F2NO3.Na/c11-9-7(10(15)16)8(14)5-3-1-2-4-6(5)13(9)12;/h1-4H,(H,15,16);/q;+1/p-1. The fourth-order valence-corrected chi connectivity index (χ4v) is 1.45. The van der Waals surface area contributed by atoms with Crippen LogP contribution in [0.2, 0.25) is 0 Å². The number of carboxylic acid groups (broad SMARTS) is 1. The summed E-state index contributed by atoms with van der Waals surface area (Å²) in [7, 11) is 0. The Hall–Kier alpha value is -1.24. The van der Waals surface area contributed by atoms with Crippen molar-refractivity contribution in [2.45, 2.75) is 0 Å². The molecule has 1 aromatic carbocycles. The number of halogens is 2. The summed E-state index contributed by atoms with van der Waals surface area (Å²) in [6.45, 7) is 0. The largest absolute Gasteiger partial charge is 1.00 e. The van der Waals surface area contributed by atoms with Gasteiger partial charge in [-0.2, -0.15) is 4.39 Å². The van der Waals surface area contributed by atoms with E-state index < -0.39 is 27.7 Å². The SMILES string of the molecule is O=C([O-])c1c(F)n(F)c2ccccc2c1=O.[Na+]. The van der Waals surface area contributed by atoms with Crippen LogP contribution in [0.3, 0.4) is 0 Å². The number of hydrogen-bond donors (Lipinski definition) is 0. The third-order valence-corrected chi connectivity index (χ3v) is 2.17. The van der Waals surface area contributed by atoms with Crippen molar-refractivity contribution < 1.29 is 48.3 Å². The second kappa shape index (κ2) is 4.95. The summed E-state index contributed by atoms with van der Waals surface area (Å²) in [5.41, 5.74) is -2.72. The van der Waals surface area contributed by atoms with E-state index in [0.717, 1.165) is 0 Å². The number of carbonyl (C=O) groups excluding carboxylic acids is 1. The van der Waals surface area contributed by atoms with E-state index in [1.54, 1.807) is 0 Å². The summed E-state index contributed by atoms with van der Waals surface area (Å²) in [5.74, 6) is -3.80. The number of nitrogens with zero attached hydrogens (tertiary/aromatic N) is 1. The predicted octanol–water partition coefficient (Wildman–Crippen LogP) is -2.76. The number of fused-ring (bicyclic) bond motifs is 1. The second-order valence-electron chi connectivity index (χ2n) is 3.08. The van der Waals surface area contributed by atoms with Crippen LogP contribution in [0.15, 0.2) is 29.1 Å². The Balaban J connectivity index is 0.00000144. The molecule has 17 heavy (non-hydrogen) atoms. The molecule has 0 bridgehead atoms. The molecule has 1 aromatic heterocycles. The van der Waals surface area contributed by atoms with Gasteiger partial charge in [-0.25, -0.2) is 0 Å². The van der Waals surface area contributed by atoms with Crippen LogP contribution in [0.1, 0.15) is 10.4 Å². The molecule has 0 fully saturated rings. The first-order valence-electron chi connectivity index (χ1n) is 4.24. The fourth-order valence-electron chi connectivity index (χ4n) is 1.45. The smallest absolute Gasteiger partial charge is 0.544 e. The molecule has 0 aliphatic heterocycles. The number of para-hydroxylation sites is 1. The van der Waals surface area contributed by atoms with Crippen molar-refractivity contribution in [2.75, 3.05) is 0 Å². The van der Waals surface area contributed by atoms with Gasteiger partial charge in [0.05, 0.1) is 11.5 Å². The van der Waals surface area contributed by atoms with Gasteiger partial charge in [-0.3, -0.25) is 4.79 Å². The van der Waals surface area contributed by atoms with Gasteiger partial charge >= 0.3 is 29.6 Å². The summed E-state index contributed by atoms with van der Waals surface area (Å²) in [4.78, 5) is 21.5. The van der Waals surface area contributed by atoms with Gasteiger partial charge in [-0.15, -0.1) is 4.79 Å². The summed E-state index contributed by atoms with van der Waals surface area (Å²) >= 11 is 0. The monoisotopic (exact) mass is 247 g/mol. The minimum atomic E-state index is -2.04. The van der Waals surface area contributed by atoms with E-state index in [0.29, 0.717) is 0 Å². The molecule has 0 atom stereocenters. The van der Waals surface area contributed by atoms with Gasteiger partial charge in [0, 0.05) is 5.39 Å². The maximum atomic E-state index is 13.3. The Morgan fingerprint density at radius 2 is 1.88 bits per heavy atom. The van der Waals surface area contributed by atoms with Crippen molar-refractivity contribution in [1.82, 2.24) is 4.79 Å². The number of aromatic nitrogens is 1. The van der Waals surface area contributed by atoms with Crippen molar-refractivity contribution in [3.8, 4) is 0 Å². The molecule has 2 aromatic rings. The molecule has 0 aliphatic rings. The molecule has 82 valence electrons. The summed E-state index contributed by atoms with van der Waals surface area (Å²) in [6.07, 6.45) is 0. The van der Waals surface area contributed by atoms with Crippen LogP contribution < -0.4 is 40.1 Å². The molecule has 0 aliphatic carbocycles. The molecule has 2 rings (SSSR count). The number of hydrogen-bond acceptors (Lipinski definition) is 3. The summed E-state index contributed by atoms with van der Waals surface area (Å²) in [6, 6.07) is 5.19. The first kappa shape index (κ1) is 13.8. The average molecular weight is 247 g/mol. The van der Waals surface area contributed by atoms with Crippen LogP contribution in [-0.2, 0) is 0 Å². The molecule has 4 nitrogen and oxygen atoms in total. The third-order valence-electron chi connectivity index (χ3n) is 2.17. The first-order valence-corrected chi connectivity index (χ1v) is 4.24. The zero-order chi connectivity index (χ0) is 11.9. The van der Waals surface area contributed by atoms with Gasteiger partial charge in [0.1, 0.15) is 5.56 Å². The fraction of sp³-hybridized carbons (Fsp3) is 0. The van der Waals surface area contributed by atoms with E-state index in [1.165, 1.54) is 24.3 Å². The maximum Gasteiger partial charge on any atom is 1.00 e. The zero-order valence-corrected chi connectivity index (χ0v) is 10.7. The van der Waals surface area contributed by atoms with E-state index >= 15 is 0 Å². The van der Waals surface area contributed by atoms with Crippen molar-refractivity contribution in [1.29, 1.82) is 0 Å². The number of benzene rings is 1. The number of carboxylic acids is 1. The Labute approximate surface area is 116 Å². The van der Waals surface area contributed by atoms with Crippen LogP contribution in [0.5, 0.6) is 0 Å². The van der Waals surface area contributed by atoms with Crippen molar-refractivity contribution >= 4 is 16.9 Å². The molecule has 7 heteroatoms. The van der Waals surface area contributed by atoms with Gasteiger partial charge < -0.3 is 9.90 Å². The molecule has 0 N–H and O–H groups in total. The van der Waals surface area contributed by atoms with Gasteiger partial charge in [0.25, 0.3) is 0 Å². The van der Waals surface area contributed by atoms with Crippen molar-refractivity contribution in [3.63, 3.8) is 0 Å². The van der Waals surface area contributed by atoms with E-state index in [9.17, 15) is 23.6 Å². The summed E-state index contributed by atoms with van der Waals surface area (Å²) in [5, 5.41) is 10.3. The molecule has 1 heterocycles. The van der Waals surface area contributed by atoms with Gasteiger partial charge in [-0.05, 0) is 12.1 Å². The first-order chi connectivity index (χ1) is 7.54. The van der Waals surface area contributed by atoms with Crippen LogP contribution >= 0.6 is 0 Å². The molecular weight excluding hydrogens is 243 g/mol. The Kier molecular flexibility index (Phi) is 4.03. The van der Waals surface area contributed by atoms with Gasteiger partial charge in [-0.1, -0.05) is 16.6 Å². The molecule has 0 radical (unpaired) electrons. The maximum absolute atomic E-state index is 13.3. The molecule has 0 saturated carbocycles. The predicted molar refractivity (Wildman–Crippen MR) is 49.0 cm³/mol. The minimum absolute atomic E-state index is 0. The average Bonchev–Trinajstić information content (AvgIpc) is 2.26. The van der Waals surface area contributed by atoms with Crippen LogP contribution in [0, 0.1) is 5.95 Å². The quantitative estimate of drug-likeness (QED) is 0.405. The Bertz CT molecular complexity index is 654. The van der Waals surface area contributed by atoms with Gasteiger partial charge in [0.15, 0.2) is 0 Å². The number of rotatable bonds is 1. The normalized spacial score (nSPS) is 10.0. The Morgan fingerprint density at radius 3 is 2.47 bits per heavy atom. The Morgan fingerprint density at radius 1 is 1.29 bits per heavy atom. The van der Waals surface area contributed by atoms with Crippen LogP contribution in [0.25, 0.3) is 10.9 Å². The van der Waals surface area contributed by atoms with Crippen LogP contribution in [0.4, 0.5) is 8.87 Å². The van der Waals surface area contributed by atoms with Crippen molar-refractivity contribution in [2.24, 2.45) is 0 Å². The second-order valence-corrected chi connectivity index (χ2v) is 3.08. The van der Waals surface area contributed by atoms with E-state index in [4.69, 9.17) is 0 Å². The van der Waals surface area contributed by atoms with Gasteiger partial charge in [0.2, 0.25) is 11.4 Å². The van der Waals surface area contributed by atoms with Crippen molar-refractivity contribution in [3.05, 3.63) is 46.0 Å². The third kappa shape index (κ3) is 2.11.